The molecule has 3 aromatic rings. The molecule has 0 saturated carbocycles. The lowest BCUT2D eigenvalue weighted by molar-refractivity contribution is 0.102. The van der Waals surface area contributed by atoms with Crippen LogP contribution in [0.2, 0.25) is 0 Å². The molecule has 4 bridgehead atoms. The third-order valence-electron chi connectivity index (χ3n) is 6.58. The average molecular weight is 567 g/mol. The minimum absolute atomic E-state index is 0.270. The van der Waals surface area contributed by atoms with Crippen molar-refractivity contribution in [3.8, 4) is 23.7 Å². The molecule has 6 rings (SSSR count). The van der Waals surface area contributed by atoms with Crippen molar-refractivity contribution in [1.29, 1.82) is 0 Å². The number of nitrogens with zero attached hydrogens (tertiary/aromatic N) is 2. The highest BCUT2D eigenvalue weighted by atomic mass is 32.2. The fourth-order valence-electron chi connectivity index (χ4n) is 4.35. The molecule has 0 aromatic heterocycles. The Morgan fingerprint density at radius 3 is 1.50 bits per heavy atom. The predicted octanol–water partition coefficient (Wildman–Crippen LogP) is 5.01. The Morgan fingerprint density at radius 2 is 1.02 bits per heavy atom. The zero-order valence-electron chi connectivity index (χ0n) is 22.1. The number of carbonyl (C=O) groups is 2. The van der Waals surface area contributed by atoms with Gasteiger partial charge in [0.1, 0.15) is 0 Å². The summed E-state index contributed by atoms with van der Waals surface area (Å²) < 4.78 is 0. The van der Waals surface area contributed by atoms with Gasteiger partial charge in [0, 0.05) is 47.1 Å². The molecule has 3 aromatic carbocycles. The second kappa shape index (κ2) is 14.1. The van der Waals surface area contributed by atoms with E-state index < -0.39 is 0 Å². The van der Waals surface area contributed by atoms with Crippen LogP contribution >= 0.6 is 23.5 Å². The van der Waals surface area contributed by atoms with Crippen LogP contribution in [0.25, 0.3) is 0 Å². The molecule has 0 unspecified atom stereocenters. The van der Waals surface area contributed by atoms with E-state index in [1.165, 1.54) is 0 Å². The number of benzene rings is 3. The number of hydrogen-bond acceptors (Lipinski definition) is 6. The number of rotatable bonds is 0. The largest absolute Gasteiger partial charge is 0.321 e. The first-order valence-electron chi connectivity index (χ1n) is 13.2. The van der Waals surface area contributed by atoms with E-state index in [0.717, 1.165) is 60.4 Å². The van der Waals surface area contributed by atoms with Gasteiger partial charge >= 0.3 is 0 Å². The van der Waals surface area contributed by atoms with Gasteiger partial charge in [-0.1, -0.05) is 54.0 Å². The number of amides is 2. The van der Waals surface area contributed by atoms with Gasteiger partial charge in [-0.25, -0.2) is 0 Å². The van der Waals surface area contributed by atoms with Crippen molar-refractivity contribution in [2.45, 2.75) is 9.79 Å². The van der Waals surface area contributed by atoms with Crippen LogP contribution in [-0.2, 0) is 0 Å². The van der Waals surface area contributed by atoms with Gasteiger partial charge in [-0.3, -0.25) is 19.4 Å². The summed E-state index contributed by atoms with van der Waals surface area (Å²) in [6.07, 6.45) is 0. The number of thioether (sulfide) groups is 2. The normalized spacial score (nSPS) is 20.0. The maximum absolute atomic E-state index is 13.1. The first-order chi connectivity index (χ1) is 19.7. The maximum atomic E-state index is 13.1. The first kappa shape index (κ1) is 27.9. The monoisotopic (exact) mass is 566 g/mol. The summed E-state index contributed by atoms with van der Waals surface area (Å²) in [6.45, 7) is 5.47. The molecule has 1 saturated heterocycles. The highest BCUT2D eigenvalue weighted by Gasteiger charge is 2.16. The quantitative estimate of drug-likeness (QED) is 0.373. The SMILES string of the molecule is O=C1Nc2ccccc2SCC#CCN2CCN(CC#CCSc3ccccc3NC(=O)c3cccc1c3)CC2. The van der Waals surface area contributed by atoms with E-state index >= 15 is 0 Å². The number of para-hydroxylation sites is 2. The number of hydrogen-bond donors (Lipinski definition) is 2. The molecule has 2 N–H and O–H groups in total. The molecular formula is C32H30N4O2S2. The molecule has 3 aliphatic rings. The standard InChI is InChI=1S/C32H30N4O2S2/c37-31-25-10-9-11-26(24-25)32(38)34-28-13-2-4-15-30(28)40-23-8-6-17-36-20-18-35(19-21-36)16-5-7-22-39-29-14-3-1-12-27(29)33-31/h1-4,9-15,24H,16-23H2,(H,33,37)(H,34,38). The van der Waals surface area contributed by atoms with Crippen molar-refractivity contribution >= 4 is 46.7 Å². The zero-order chi connectivity index (χ0) is 27.6. The van der Waals surface area contributed by atoms with Gasteiger partial charge in [-0.05, 0) is 42.5 Å². The second-order valence-electron chi connectivity index (χ2n) is 9.32. The minimum Gasteiger partial charge on any atom is -0.321 e. The van der Waals surface area contributed by atoms with Crippen LogP contribution in [0.15, 0.2) is 82.6 Å². The lowest BCUT2D eigenvalue weighted by Gasteiger charge is -2.32. The van der Waals surface area contributed by atoms with E-state index in [9.17, 15) is 9.59 Å². The second-order valence-corrected chi connectivity index (χ2v) is 11.4. The third-order valence-corrected chi connectivity index (χ3v) is 8.49. The van der Waals surface area contributed by atoms with E-state index in [1.807, 2.05) is 48.5 Å². The Hall–Kier alpha value is -3.66. The van der Waals surface area contributed by atoms with E-state index in [2.05, 4.69) is 44.1 Å². The Kier molecular flexibility index (Phi) is 9.84. The number of carbonyl (C=O) groups excluding carboxylic acids is 2. The molecule has 6 nitrogen and oxygen atoms in total. The van der Waals surface area contributed by atoms with Crippen LogP contribution in [0.5, 0.6) is 0 Å². The summed E-state index contributed by atoms with van der Waals surface area (Å²) in [5, 5.41) is 6.02. The summed E-state index contributed by atoms with van der Waals surface area (Å²) >= 11 is 3.20. The molecule has 8 heteroatoms. The van der Waals surface area contributed by atoms with Gasteiger partial charge in [0.2, 0.25) is 0 Å². The third kappa shape index (κ3) is 7.71. The van der Waals surface area contributed by atoms with E-state index in [-0.39, 0.29) is 11.8 Å². The van der Waals surface area contributed by atoms with Gasteiger partial charge in [0.15, 0.2) is 0 Å². The summed E-state index contributed by atoms with van der Waals surface area (Å²) in [4.78, 5) is 33.0. The van der Waals surface area contributed by atoms with Crippen LogP contribution in [0.1, 0.15) is 20.7 Å². The molecule has 0 spiro atoms. The topological polar surface area (TPSA) is 64.7 Å². The Bertz CT molecular complexity index is 1380. The maximum Gasteiger partial charge on any atom is 0.255 e. The molecule has 0 atom stereocenters. The van der Waals surface area contributed by atoms with Crippen molar-refractivity contribution in [2.24, 2.45) is 0 Å². The molecular weight excluding hydrogens is 537 g/mol. The summed E-state index contributed by atoms with van der Waals surface area (Å²) in [5.41, 5.74) is 2.28. The Balaban J connectivity index is 1.37. The fourth-order valence-corrected chi connectivity index (χ4v) is 5.91. The molecule has 1 fully saturated rings. The number of piperazine rings is 1. The van der Waals surface area contributed by atoms with Crippen LogP contribution < -0.4 is 10.6 Å². The summed E-state index contributed by atoms with van der Waals surface area (Å²) in [5.74, 6) is 13.9. The van der Waals surface area contributed by atoms with Crippen LogP contribution in [0, 0.1) is 23.7 Å². The lowest BCUT2D eigenvalue weighted by Crippen LogP contribution is -2.46. The first-order valence-corrected chi connectivity index (χ1v) is 15.2. The van der Waals surface area contributed by atoms with Gasteiger partial charge in [-0.2, -0.15) is 0 Å². The fraction of sp³-hybridized carbons (Fsp3) is 0.250. The van der Waals surface area contributed by atoms with Gasteiger partial charge < -0.3 is 10.6 Å². The number of fused-ring (bicyclic) bond motifs is 10. The van der Waals surface area contributed by atoms with Crippen molar-refractivity contribution in [1.82, 2.24) is 9.80 Å². The van der Waals surface area contributed by atoms with Crippen molar-refractivity contribution < 1.29 is 9.59 Å². The molecule has 40 heavy (non-hydrogen) atoms. The van der Waals surface area contributed by atoms with Gasteiger partial charge in [0.05, 0.1) is 36.0 Å². The van der Waals surface area contributed by atoms with E-state index in [0.29, 0.717) is 22.6 Å². The van der Waals surface area contributed by atoms with Crippen molar-refractivity contribution in [2.75, 3.05) is 61.4 Å². The zero-order valence-corrected chi connectivity index (χ0v) is 23.7. The molecule has 0 aliphatic carbocycles. The smallest absolute Gasteiger partial charge is 0.255 e. The van der Waals surface area contributed by atoms with Crippen LogP contribution in [0.3, 0.4) is 0 Å². The van der Waals surface area contributed by atoms with Crippen LogP contribution in [0.4, 0.5) is 11.4 Å². The highest BCUT2D eigenvalue weighted by molar-refractivity contribution is 7.99. The predicted molar refractivity (Wildman–Crippen MR) is 165 cm³/mol. The molecule has 3 aliphatic heterocycles. The van der Waals surface area contributed by atoms with Gasteiger partial charge in [-0.15, -0.1) is 23.5 Å². The Morgan fingerprint density at radius 1 is 0.575 bits per heavy atom. The molecule has 202 valence electrons. The molecule has 2 amide bonds. The lowest BCUT2D eigenvalue weighted by atomic mass is 10.1. The summed E-state index contributed by atoms with van der Waals surface area (Å²) in [6, 6.07) is 22.2. The average Bonchev–Trinajstić information content (AvgIpc) is 2.98. The van der Waals surface area contributed by atoms with E-state index in [4.69, 9.17) is 0 Å². The molecule has 3 heterocycles. The van der Waals surface area contributed by atoms with E-state index in [1.54, 1.807) is 47.8 Å². The van der Waals surface area contributed by atoms with Crippen molar-refractivity contribution in [3.05, 3.63) is 83.9 Å². The number of nitrogens with one attached hydrogen (secondary N) is 2. The number of anilines is 2. The summed E-state index contributed by atoms with van der Waals surface area (Å²) in [7, 11) is 0. The van der Waals surface area contributed by atoms with Crippen LogP contribution in [-0.4, -0.2) is 72.4 Å². The highest BCUT2D eigenvalue weighted by Crippen LogP contribution is 2.28. The minimum atomic E-state index is -0.270. The Labute approximate surface area is 244 Å². The van der Waals surface area contributed by atoms with Crippen molar-refractivity contribution in [3.63, 3.8) is 0 Å². The molecule has 0 radical (unpaired) electrons. The van der Waals surface area contributed by atoms with Gasteiger partial charge in [0.25, 0.3) is 11.8 Å².